The normalized spacial score (nSPS) is 15.6. The summed E-state index contributed by atoms with van der Waals surface area (Å²) in [4.78, 5) is 14.1. The first-order chi connectivity index (χ1) is 14.2. The van der Waals surface area contributed by atoms with Crippen LogP contribution in [0.2, 0.25) is 0 Å². The highest BCUT2D eigenvalue weighted by molar-refractivity contribution is 14.0. The van der Waals surface area contributed by atoms with Crippen molar-refractivity contribution in [1.29, 1.82) is 0 Å². The summed E-state index contributed by atoms with van der Waals surface area (Å²) in [6.45, 7) is 10.3. The highest BCUT2D eigenvalue weighted by atomic mass is 127. The molecule has 2 aromatic rings. The minimum atomic E-state index is 0. The minimum Gasteiger partial charge on any atom is -0.444 e. The molecule has 0 aliphatic carbocycles. The molecule has 166 valence electrons. The molecule has 0 atom stereocenters. The highest BCUT2D eigenvalue weighted by Crippen LogP contribution is 2.18. The summed E-state index contributed by atoms with van der Waals surface area (Å²) in [5.74, 6) is 1.47. The van der Waals surface area contributed by atoms with Crippen LogP contribution in [-0.2, 0) is 6.54 Å². The largest absolute Gasteiger partial charge is 0.444 e. The number of nitrogens with zero attached hydrogens (tertiary/aromatic N) is 4. The molecule has 1 aliphatic heterocycles. The standard InChI is InChI=1S/C22H34N6O.HI/c1-3-23-22(24-11-7-8-12-28-15-13-27(2)14-16-28)25-17-20-18-29-21(26-20)19-9-5-4-6-10-19;/h4-6,9-10,18H,3,7-8,11-17H2,1-2H3,(H2,23,24,25);1H. The van der Waals surface area contributed by atoms with Gasteiger partial charge in [0.15, 0.2) is 5.96 Å². The molecule has 0 spiro atoms. The second-order valence-electron chi connectivity index (χ2n) is 7.48. The van der Waals surface area contributed by atoms with Crippen molar-refractivity contribution < 1.29 is 4.42 Å². The van der Waals surface area contributed by atoms with Crippen LogP contribution in [0.4, 0.5) is 0 Å². The molecule has 1 aliphatic rings. The van der Waals surface area contributed by atoms with Gasteiger partial charge in [0.05, 0.1) is 6.54 Å². The van der Waals surface area contributed by atoms with E-state index >= 15 is 0 Å². The summed E-state index contributed by atoms with van der Waals surface area (Å²) in [6, 6.07) is 9.93. The maximum Gasteiger partial charge on any atom is 0.226 e. The van der Waals surface area contributed by atoms with Crippen molar-refractivity contribution in [2.24, 2.45) is 4.99 Å². The minimum absolute atomic E-state index is 0. The van der Waals surface area contributed by atoms with Crippen LogP contribution in [0.1, 0.15) is 25.5 Å². The maximum atomic E-state index is 5.59. The Bertz CT molecular complexity index is 743. The van der Waals surface area contributed by atoms with E-state index in [9.17, 15) is 0 Å². The lowest BCUT2D eigenvalue weighted by atomic mass is 10.2. The molecule has 1 aromatic carbocycles. The fourth-order valence-corrected chi connectivity index (χ4v) is 3.33. The van der Waals surface area contributed by atoms with Crippen LogP contribution >= 0.6 is 24.0 Å². The van der Waals surface area contributed by atoms with Crippen LogP contribution in [0.15, 0.2) is 46.0 Å². The quantitative estimate of drug-likeness (QED) is 0.227. The molecular weight excluding hydrogens is 491 g/mol. The highest BCUT2D eigenvalue weighted by Gasteiger charge is 2.12. The van der Waals surface area contributed by atoms with E-state index in [2.05, 4.69) is 44.4 Å². The molecule has 1 fully saturated rings. The zero-order valence-corrected chi connectivity index (χ0v) is 20.5. The van der Waals surface area contributed by atoms with Crippen molar-refractivity contribution in [2.45, 2.75) is 26.3 Å². The van der Waals surface area contributed by atoms with Gasteiger partial charge in [-0.15, -0.1) is 24.0 Å². The fraction of sp³-hybridized carbons (Fsp3) is 0.545. The van der Waals surface area contributed by atoms with Crippen LogP contribution < -0.4 is 10.6 Å². The maximum absolute atomic E-state index is 5.59. The molecule has 7 nitrogen and oxygen atoms in total. The molecular formula is C22H35IN6O. The number of unbranched alkanes of at least 4 members (excludes halogenated alkanes) is 1. The molecule has 8 heteroatoms. The molecule has 0 amide bonds. The summed E-state index contributed by atoms with van der Waals surface area (Å²) >= 11 is 0. The predicted molar refractivity (Wildman–Crippen MR) is 133 cm³/mol. The van der Waals surface area contributed by atoms with Gasteiger partial charge in [-0.1, -0.05) is 18.2 Å². The Kier molecular flexibility index (Phi) is 11.2. The predicted octanol–water partition coefficient (Wildman–Crippen LogP) is 3.04. The van der Waals surface area contributed by atoms with Crippen molar-refractivity contribution in [3.05, 3.63) is 42.3 Å². The number of oxazole rings is 1. The van der Waals surface area contributed by atoms with Gasteiger partial charge in [-0.3, -0.25) is 0 Å². The lowest BCUT2D eigenvalue weighted by Crippen LogP contribution is -2.44. The summed E-state index contributed by atoms with van der Waals surface area (Å²) in [7, 11) is 2.20. The summed E-state index contributed by atoms with van der Waals surface area (Å²) in [5, 5.41) is 6.73. The summed E-state index contributed by atoms with van der Waals surface area (Å²) < 4.78 is 5.59. The lowest BCUT2D eigenvalue weighted by Gasteiger charge is -2.32. The topological polar surface area (TPSA) is 68.9 Å². The molecule has 0 unspecified atom stereocenters. The molecule has 3 rings (SSSR count). The van der Waals surface area contributed by atoms with Crippen LogP contribution in [-0.4, -0.2) is 73.6 Å². The van der Waals surface area contributed by atoms with Crippen molar-refractivity contribution in [2.75, 3.05) is 52.9 Å². The van der Waals surface area contributed by atoms with Gasteiger partial charge in [-0.2, -0.15) is 0 Å². The van der Waals surface area contributed by atoms with E-state index in [1.54, 1.807) is 6.26 Å². The first-order valence-corrected chi connectivity index (χ1v) is 10.7. The molecule has 2 N–H and O–H groups in total. The number of likely N-dealkylation sites (N-methyl/N-ethyl adjacent to an activating group) is 1. The van der Waals surface area contributed by atoms with E-state index in [4.69, 9.17) is 4.42 Å². The third-order valence-corrected chi connectivity index (χ3v) is 5.11. The van der Waals surface area contributed by atoms with Gasteiger partial charge >= 0.3 is 0 Å². The van der Waals surface area contributed by atoms with Crippen molar-refractivity contribution in [3.8, 4) is 11.5 Å². The second-order valence-corrected chi connectivity index (χ2v) is 7.48. The zero-order chi connectivity index (χ0) is 20.3. The van der Waals surface area contributed by atoms with E-state index in [0.717, 1.165) is 36.7 Å². The van der Waals surface area contributed by atoms with Gasteiger partial charge in [0.1, 0.15) is 12.0 Å². The number of aromatic nitrogens is 1. The lowest BCUT2D eigenvalue weighted by molar-refractivity contribution is 0.152. The number of rotatable bonds is 9. The first kappa shape index (κ1) is 24.6. The number of hydrogen-bond acceptors (Lipinski definition) is 5. The van der Waals surface area contributed by atoms with Crippen LogP contribution in [0.5, 0.6) is 0 Å². The molecule has 0 saturated carbocycles. The van der Waals surface area contributed by atoms with Gasteiger partial charge in [-0.25, -0.2) is 9.98 Å². The van der Waals surface area contributed by atoms with Gasteiger partial charge < -0.3 is 24.9 Å². The zero-order valence-electron chi connectivity index (χ0n) is 18.1. The Morgan fingerprint density at radius 2 is 1.87 bits per heavy atom. The average Bonchev–Trinajstić information content (AvgIpc) is 3.23. The first-order valence-electron chi connectivity index (χ1n) is 10.7. The van der Waals surface area contributed by atoms with Crippen molar-refractivity contribution >= 4 is 29.9 Å². The number of piperazine rings is 1. The third kappa shape index (κ3) is 8.23. The summed E-state index contributed by atoms with van der Waals surface area (Å²) in [5.41, 5.74) is 1.81. The van der Waals surface area contributed by atoms with Crippen molar-refractivity contribution in [3.63, 3.8) is 0 Å². The SMILES string of the molecule is CCNC(=NCc1coc(-c2ccccc2)n1)NCCCCN1CCN(C)CC1.I. The monoisotopic (exact) mass is 526 g/mol. The Morgan fingerprint density at radius 1 is 1.10 bits per heavy atom. The Morgan fingerprint density at radius 3 is 2.60 bits per heavy atom. The molecule has 1 aromatic heterocycles. The van der Waals surface area contributed by atoms with Crippen LogP contribution in [0.25, 0.3) is 11.5 Å². The van der Waals surface area contributed by atoms with Gasteiger partial charge in [0, 0.05) is 44.8 Å². The van der Waals surface area contributed by atoms with E-state index in [1.165, 1.54) is 39.1 Å². The van der Waals surface area contributed by atoms with Crippen LogP contribution in [0.3, 0.4) is 0 Å². The van der Waals surface area contributed by atoms with E-state index in [-0.39, 0.29) is 24.0 Å². The second kappa shape index (κ2) is 13.6. The number of hydrogen-bond donors (Lipinski definition) is 2. The van der Waals surface area contributed by atoms with Crippen LogP contribution in [0, 0.1) is 0 Å². The van der Waals surface area contributed by atoms with Gasteiger partial charge in [0.25, 0.3) is 0 Å². The average molecular weight is 526 g/mol. The van der Waals surface area contributed by atoms with Crippen molar-refractivity contribution in [1.82, 2.24) is 25.4 Å². The van der Waals surface area contributed by atoms with E-state index in [0.29, 0.717) is 12.4 Å². The molecule has 0 bridgehead atoms. The Hall–Kier alpha value is -1.65. The number of nitrogens with one attached hydrogen (secondary N) is 2. The van der Waals surface area contributed by atoms with Gasteiger partial charge in [0.2, 0.25) is 5.89 Å². The number of guanidine groups is 1. The number of halogens is 1. The molecule has 1 saturated heterocycles. The number of benzene rings is 1. The molecule has 0 radical (unpaired) electrons. The smallest absolute Gasteiger partial charge is 0.226 e. The number of aliphatic imine (C=N–C) groups is 1. The Labute approximate surface area is 197 Å². The third-order valence-electron chi connectivity index (χ3n) is 5.11. The summed E-state index contributed by atoms with van der Waals surface area (Å²) in [6.07, 6.45) is 4.03. The molecule has 2 heterocycles. The van der Waals surface area contributed by atoms with E-state index < -0.39 is 0 Å². The van der Waals surface area contributed by atoms with Gasteiger partial charge in [-0.05, 0) is 45.5 Å². The fourth-order valence-electron chi connectivity index (χ4n) is 3.33. The Balaban J connectivity index is 0.00000320. The molecule has 30 heavy (non-hydrogen) atoms. The van der Waals surface area contributed by atoms with E-state index in [1.807, 2.05) is 30.3 Å².